The number of ether oxygens (including phenoxy) is 2. The fourth-order valence-electron chi connectivity index (χ4n) is 7.38. The van der Waals surface area contributed by atoms with Gasteiger partial charge in [-0.05, 0) is 82.1 Å². The molecule has 2 heterocycles. The van der Waals surface area contributed by atoms with Gasteiger partial charge in [0.15, 0.2) is 6.10 Å². The van der Waals surface area contributed by atoms with Crippen LogP contribution in [-0.4, -0.2) is 74.9 Å². The quantitative estimate of drug-likeness (QED) is 0.0300. The van der Waals surface area contributed by atoms with Crippen LogP contribution in [-0.2, 0) is 58.4 Å². The minimum Gasteiger partial charge on any atom is -0.466 e. The lowest BCUT2D eigenvalue weighted by atomic mass is 10.0. The second-order valence-electron chi connectivity index (χ2n) is 18.3. The molecule has 0 saturated carbocycles. The van der Waals surface area contributed by atoms with E-state index in [-0.39, 0.29) is 26.1 Å². The number of unbranched alkanes of at least 4 members (excludes halogenated alkanes) is 16. The minimum atomic E-state index is -4.40. The van der Waals surface area contributed by atoms with E-state index in [1.807, 2.05) is 21.1 Å². The molecule has 0 saturated heterocycles. The van der Waals surface area contributed by atoms with Crippen molar-refractivity contribution in [3.63, 3.8) is 0 Å². The Morgan fingerprint density at radius 3 is 1.64 bits per heavy atom. The van der Waals surface area contributed by atoms with E-state index in [2.05, 4.69) is 40.7 Å². The van der Waals surface area contributed by atoms with Crippen LogP contribution in [0.1, 0.15) is 195 Å². The van der Waals surface area contributed by atoms with Gasteiger partial charge in [-0.25, -0.2) is 4.57 Å². The van der Waals surface area contributed by atoms with Gasteiger partial charge in [0.05, 0.1) is 27.7 Å². The predicted molar refractivity (Wildman–Crippen MR) is 245 cm³/mol. The van der Waals surface area contributed by atoms with E-state index in [0.29, 0.717) is 23.9 Å². The third-order valence-electron chi connectivity index (χ3n) is 11.5. The number of phosphoric ester groups is 1. The van der Waals surface area contributed by atoms with E-state index < -0.39 is 32.5 Å². The first-order valence-electron chi connectivity index (χ1n) is 24.1. The lowest BCUT2D eigenvalue weighted by Gasteiger charge is -2.24. The molecule has 0 aromatic carbocycles. The first-order chi connectivity index (χ1) is 29.1. The van der Waals surface area contributed by atoms with Crippen LogP contribution in [0.2, 0.25) is 0 Å². The summed E-state index contributed by atoms with van der Waals surface area (Å²) in [5, 5.41) is 0. The molecule has 2 rings (SSSR count). The molecule has 2 aromatic rings. The number of nitrogens with zero attached hydrogens (tertiary/aromatic N) is 1. The van der Waals surface area contributed by atoms with Crippen molar-refractivity contribution in [3.05, 3.63) is 45.8 Å². The molecular formula is C49H87NO10P+. The van der Waals surface area contributed by atoms with Crippen LogP contribution in [0.3, 0.4) is 0 Å². The summed E-state index contributed by atoms with van der Waals surface area (Å²) in [6.45, 7) is 10.8. The van der Waals surface area contributed by atoms with E-state index >= 15 is 0 Å². The number of carbonyl (C=O) groups is 2. The second kappa shape index (κ2) is 31.4. The number of carbonyl (C=O) groups excluding carboxylic acids is 2. The summed E-state index contributed by atoms with van der Waals surface area (Å²) in [6, 6.07) is 2.19. The number of likely N-dealkylation sites (N-methyl/N-ethyl adjacent to an activating group) is 1. The maximum atomic E-state index is 12.8. The Labute approximate surface area is 370 Å². The largest absolute Gasteiger partial charge is 0.472 e. The van der Waals surface area contributed by atoms with Gasteiger partial charge in [0.25, 0.3) is 0 Å². The molecule has 2 aromatic heterocycles. The molecule has 0 fully saturated rings. The molecule has 0 radical (unpaired) electrons. The van der Waals surface area contributed by atoms with E-state index in [4.69, 9.17) is 27.4 Å². The number of furan rings is 2. The average Bonchev–Trinajstić information content (AvgIpc) is 3.69. The zero-order valence-corrected chi connectivity index (χ0v) is 40.8. The highest BCUT2D eigenvalue weighted by molar-refractivity contribution is 7.47. The summed E-state index contributed by atoms with van der Waals surface area (Å²) in [6.07, 6.45) is 25.1. The first kappa shape index (κ1) is 54.7. The Morgan fingerprint density at radius 1 is 0.623 bits per heavy atom. The maximum absolute atomic E-state index is 12.8. The van der Waals surface area contributed by atoms with Gasteiger partial charge in [-0.15, -0.1) is 0 Å². The van der Waals surface area contributed by atoms with Gasteiger partial charge in [-0.3, -0.25) is 18.6 Å². The Morgan fingerprint density at radius 2 is 1.10 bits per heavy atom. The second-order valence-corrected chi connectivity index (χ2v) is 19.7. The van der Waals surface area contributed by atoms with Gasteiger partial charge < -0.3 is 27.7 Å². The lowest BCUT2D eigenvalue weighted by Crippen LogP contribution is -2.37. The SMILES string of the molecule is CCCCCc1cc(C)c(CCCCCCCCC(=O)OCC(COP(=O)(O)OCC[N+](C)(C)C)OC(=O)CCCCCCCCCCc2oc(CCCCC)c(C)c2C)o1. The molecule has 2 unspecified atom stereocenters. The van der Waals surface area contributed by atoms with E-state index in [0.717, 1.165) is 107 Å². The average molecular weight is 881 g/mol. The zero-order chi connectivity index (χ0) is 44.9. The number of esters is 2. The highest BCUT2D eigenvalue weighted by Crippen LogP contribution is 2.43. The van der Waals surface area contributed by atoms with Crippen LogP contribution in [0.25, 0.3) is 0 Å². The fourth-order valence-corrected chi connectivity index (χ4v) is 8.13. The number of phosphoric acid groups is 1. The van der Waals surface area contributed by atoms with Crippen molar-refractivity contribution >= 4 is 19.8 Å². The summed E-state index contributed by atoms with van der Waals surface area (Å²) < 4.78 is 46.8. The van der Waals surface area contributed by atoms with Crippen molar-refractivity contribution in [3.8, 4) is 0 Å². The van der Waals surface area contributed by atoms with Crippen LogP contribution in [0.5, 0.6) is 0 Å². The van der Waals surface area contributed by atoms with Crippen molar-refractivity contribution in [2.75, 3.05) is 47.5 Å². The lowest BCUT2D eigenvalue weighted by molar-refractivity contribution is -0.870. The number of hydrogen-bond donors (Lipinski definition) is 1. The van der Waals surface area contributed by atoms with Crippen LogP contribution in [0, 0.1) is 20.8 Å². The highest BCUT2D eigenvalue weighted by atomic mass is 31.2. The Balaban J connectivity index is 1.65. The topological polar surface area (TPSA) is 135 Å². The molecular weight excluding hydrogens is 794 g/mol. The van der Waals surface area contributed by atoms with Crippen LogP contribution in [0.15, 0.2) is 14.9 Å². The van der Waals surface area contributed by atoms with E-state index in [9.17, 15) is 19.0 Å². The summed E-state index contributed by atoms with van der Waals surface area (Å²) in [5.74, 6) is 3.71. The standard InChI is InChI=1S/C49H86NO10P/c1-9-11-23-29-43-37-40(3)45(58-43)30-25-19-17-18-21-27-33-48(51)55-38-44(39-57-61(53,54)56-36-35-50(6,7)8)59-49(52)34-28-22-16-14-13-15-20-26-32-47-42(5)41(4)46(60-47)31-24-12-10-2/h37,44H,9-36,38-39H2,1-8H3/p+1. The van der Waals surface area contributed by atoms with E-state index in [1.54, 1.807) is 0 Å². The molecule has 2 atom stereocenters. The summed E-state index contributed by atoms with van der Waals surface area (Å²) in [7, 11) is 1.43. The van der Waals surface area contributed by atoms with Gasteiger partial charge in [0.2, 0.25) is 0 Å². The maximum Gasteiger partial charge on any atom is 0.472 e. The first-order valence-corrected chi connectivity index (χ1v) is 25.6. The third-order valence-corrected chi connectivity index (χ3v) is 12.5. The Bertz CT molecular complexity index is 1530. The van der Waals surface area contributed by atoms with Crippen molar-refractivity contribution in [1.29, 1.82) is 0 Å². The number of quaternary nitrogens is 1. The molecule has 0 aliphatic carbocycles. The normalized spacial score (nSPS) is 13.4. The molecule has 0 spiro atoms. The Hall–Kier alpha value is -2.43. The number of hydrogen-bond acceptors (Lipinski definition) is 9. The zero-order valence-electron chi connectivity index (χ0n) is 39.9. The smallest absolute Gasteiger partial charge is 0.466 e. The molecule has 12 heteroatoms. The van der Waals surface area contributed by atoms with Gasteiger partial charge >= 0.3 is 19.8 Å². The molecule has 0 aliphatic rings. The summed E-state index contributed by atoms with van der Waals surface area (Å²) >= 11 is 0. The van der Waals surface area contributed by atoms with Crippen LogP contribution in [0.4, 0.5) is 0 Å². The van der Waals surface area contributed by atoms with Gasteiger partial charge in [0.1, 0.15) is 42.8 Å². The molecule has 11 nitrogen and oxygen atoms in total. The van der Waals surface area contributed by atoms with Crippen molar-refractivity contribution < 1.29 is 50.9 Å². The molecule has 0 aliphatic heterocycles. The summed E-state index contributed by atoms with van der Waals surface area (Å²) in [4.78, 5) is 35.7. The predicted octanol–water partition coefficient (Wildman–Crippen LogP) is 12.6. The van der Waals surface area contributed by atoms with Crippen molar-refractivity contribution in [1.82, 2.24) is 0 Å². The van der Waals surface area contributed by atoms with Gasteiger partial charge in [0, 0.05) is 38.5 Å². The number of rotatable bonds is 38. The molecule has 0 bridgehead atoms. The minimum absolute atomic E-state index is 0.0186. The van der Waals surface area contributed by atoms with E-state index in [1.165, 1.54) is 73.8 Å². The number of aryl methyl sites for hydroxylation is 5. The van der Waals surface area contributed by atoms with Gasteiger partial charge in [-0.1, -0.05) is 104 Å². The molecule has 0 amide bonds. The van der Waals surface area contributed by atoms with Crippen molar-refractivity contribution in [2.24, 2.45) is 0 Å². The van der Waals surface area contributed by atoms with Crippen LogP contribution >= 0.6 is 7.82 Å². The fraction of sp³-hybridized carbons (Fsp3) is 0.796. The molecule has 352 valence electrons. The van der Waals surface area contributed by atoms with Crippen LogP contribution < -0.4 is 0 Å². The molecule has 61 heavy (non-hydrogen) atoms. The van der Waals surface area contributed by atoms with Crippen molar-refractivity contribution in [2.45, 2.75) is 208 Å². The Kier molecular flexibility index (Phi) is 28.2. The monoisotopic (exact) mass is 881 g/mol. The third kappa shape index (κ3) is 26.1. The molecule has 1 N–H and O–H groups in total. The highest BCUT2D eigenvalue weighted by Gasteiger charge is 2.27. The summed E-state index contributed by atoms with van der Waals surface area (Å²) in [5.41, 5.74) is 3.91. The van der Waals surface area contributed by atoms with Gasteiger partial charge in [-0.2, -0.15) is 0 Å².